The Balaban J connectivity index is 1.44. The van der Waals surface area contributed by atoms with E-state index in [1.54, 1.807) is 30.3 Å². The van der Waals surface area contributed by atoms with Crippen LogP contribution in [0.2, 0.25) is 0 Å². The number of hydrogen-bond donors (Lipinski definition) is 0. The number of benzene rings is 8. The van der Waals surface area contributed by atoms with Crippen molar-refractivity contribution < 1.29 is 15.1 Å². The normalized spacial score (nSPS) is 14.5. The zero-order valence-corrected chi connectivity index (χ0v) is 24.0. The highest BCUT2D eigenvalue weighted by Crippen LogP contribution is 2.41. The molecule has 0 spiro atoms. The van der Waals surface area contributed by atoms with Gasteiger partial charge >= 0.3 is 0 Å². The van der Waals surface area contributed by atoms with E-state index in [1.807, 2.05) is 91.0 Å². The monoisotopic (exact) mass is 584 g/mol. The van der Waals surface area contributed by atoms with Gasteiger partial charge in [0.25, 0.3) is 0 Å². The molecule has 0 amide bonds. The molecule has 45 heavy (non-hydrogen) atoms. The summed E-state index contributed by atoms with van der Waals surface area (Å²) in [5.74, 6) is 0. The Morgan fingerprint density at radius 3 is 1.87 bits per heavy atom. The van der Waals surface area contributed by atoms with Crippen LogP contribution in [0.25, 0.3) is 54.9 Å². The molecule has 0 bridgehead atoms. The van der Waals surface area contributed by atoms with Crippen LogP contribution < -0.4 is 4.90 Å². The van der Waals surface area contributed by atoms with Crippen LogP contribution in [0.3, 0.4) is 0 Å². The van der Waals surface area contributed by atoms with Crippen LogP contribution in [-0.2, 0) is 0 Å². The van der Waals surface area contributed by atoms with Crippen molar-refractivity contribution in [1.29, 1.82) is 0 Å². The fourth-order valence-corrected chi connectivity index (χ4v) is 5.65. The minimum absolute atomic E-state index is 0.0494. The Kier molecular flexibility index (Phi) is 4.50. The summed E-state index contributed by atoms with van der Waals surface area (Å²) in [6.07, 6.45) is 0. The molecule has 0 radical (unpaired) electrons. The number of anilines is 3. The quantitative estimate of drug-likeness (QED) is 0.188. The molecule has 212 valence electrons. The number of rotatable bonds is 6. The van der Waals surface area contributed by atoms with Gasteiger partial charge < -0.3 is 4.90 Å². The molecule has 0 aliphatic carbocycles. The number of nitrogens with zero attached hydrogens (tertiary/aromatic N) is 1. The van der Waals surface area contributed by atoms with Gasteiger partial charge in [-0.3, -0.25) is 0 Å². The highest BCUT2D eigenvalue weighted by Gasteiger charge is 2.17. The molecule has 0 aliphatic heterocycles. The van der Waals surface area contributed by atoms with Gasteiger partial charge in [-0.2, -0.15) is 0 Å². The molecule has 0 atom stereocenters. The van der Waals surface area contributed by atoms with Gasteiger partial charge in [-0.15, -0.1) is 0 Å². The molecule has 8 rings (SSSR count). The number of hydrogen-bond acceptors (Lipinski definition) is 1. The first-order chi connectivity index (χ1) is 26.9. The lowest BCUT2D eigenvalue weighted by molar-refractivity contribution is 1.30. The zero-order chi connectivity index (χ0) is 39.6. The SMILES string of the molecule is [2H]c1c([2H])c(N(c2cccc(-c3cccc4ccccc34)c2)c2c([2H])c([2H])c([2H])c3c([2H])c([2H])c([2H])c([2H])c23)c([2H])c([2H])c1-c1ccc(-c2ccccc2)cc1. The Hall–Kier alpha value is -5.92. The van der Waals surface area contributed by atoms with Crippen molar-refractivity contribution in [3.63, 3.8) is 0 Å². The van der Waals surface area contributed by atoms with Gasteiger partial charge in [0.1, 0.15) is 0 Å². The maximum atomic E-state index is 9.47. The first kappa shape index (κ1) is 17.4. The lowest BCUT2D eigenvalue weighted by atomic mass is 9.97. The molecule has 1 nitrogen and oxygen atoms in total. The van der Waals surface area contributed by atoms with E-state index in [9.17, 15) is 6.85 Å². The molecule has 0 unspecified atom stereocenters. The molecule has 0 aliphatic rings. The fraction of sp³-hybridized carbons (Fsp3) is 0. The van der Waals surface area contributed by atoms with Crippen molar-refractivity contribution in [2.75, 3.05) is 4.90 Å². The Labute approximate surface area is 279 Å². The third kappa shape index (κ3) is 5.15. The van der Waals surface area contributed by atoms with Crippen molar-refractivity contribution in [2.45, 2.75) is 0 Å². The van der Waals surface area contributed by atoms with Crippen LogP contribution in [-0.4, -0.2) is 0 Å². The molecule has 0 fully saturated rings. The van der Waals surface area contributed by atoms with Crippen LogP contribution in [0.4, 0.5) is 17.1 Å². The predicted octanol–water partition coefficient (Wildman–Crippen LogP) is 12.5. The lowest BCUT2D eigenvalue weighted by Gasteiger charge is -2.27. The van der Waals surface area contributed by atoms with E-state index in [0.29, 0.717) is 11.1 Å². The zero-order valence-electron chi connectivity index (χ0n) is 35.0. The third-order valence-electron chi connectivity index (χ3n) is 7.84. The Morgan fingerprint density at radius 2 is 1.02 bits per heavy atom. The molecule has 0 saturated heterocycles. The van der Waals surface area contributed by atoms with E-state index in [0.717, 1.165) is 27.5 Å². The lowest BCUT2D eigenvalue weighted by Crippen LogP contribution is -2.10. The second-order valence-corrected chi connectivity index (χ2v) is 10.6. The van der Waals surface area contributed by atoms with E-state index in [-0.39, 0.29) is 45.5 Å². The van der Waals surface area contributed by atoms with Crippen molar-refractivity contribution >= 4 is 38.6 Å². The largest absolute Gasteiger partial charge is 0.310 e. The molecule has 1 heteroatoms. The molecule has 0 N–H and O–H groups in total. The van der Waals surface area contributed by atoms with Gasteiger partial charge in [-0.25, -0.2) is 0 Å². The second kappa shape index (κ2) is 11.6. The summed E-state index contributed by atoms with van der Waals surface area (Å²) in [5.41, 5.74) is 3.60. The van der Waals surface area contributed by atoms with Crippen LogP contribution in [0, 0.1) is 0 Å². The van der Waals surface area contributed by atoms with E-state index in [4.69, 9.17) is 8.22 Å². The molecule has 0 aromatic heterocycles. The Bertz CT molecular complexity index is 2830. The first-order valence-corrected chi connectivity index (χ1v) is 14.5. The molecule has 8 aromatic carbocycles. The standard InChI is InChI=1S/C44H31N/c1-2-11-32(12-3-1)33-23-25-34(26-24-33)35-27-29-39(30-28-35)45(44-22-10-16-37-14-5-7-20-43(37)44)40-18-8-17-38(31-40)42-21-9-15-36-13-4-6-19-41(36)42/h1-31H/i5D,7D,10D,14D,16D,20D,22D,27D,28D,29D,30D. The summed E-state index contributed by atoms with van der Waals surface area (Å²) < 4.78 is 99.1. The topological polar surface area (TPSA) is 3.24 Å². The molecular formula is C44H31N. The first-order valence-electron chi connectivity index (χ1n) is 20.0. The molecule has 0 heterocycles. The van der Waals surface area contributed by atoms with Gasteiger partial charge in [0.05, 0.1) is 20.8 Å². The van der Waals surface area contributed by atoms with Gasteiger partial charge in [-0.05, 0) is 79.8 Å². The summed E-state index contributed by atoms with van der Waals surface area (Å²) in [4.78, 5) is 1.28. The van der Waals surface area contributed by atoms with Gasteiger partial charge in [0, 0.05) is 16.8 Å². The summed E-state index contributed by atoms with van der Waals surface area (Å²) in [5, 5.41) is 1.38. The highest BCUT2D eigenvalue weighted by atomic mass is 15.1. The average molecular weight is 585 g/mol. The van der Waals surface area contributed by atoms with Crippen LogP contribution in [0.15, 0.2) is 188 Å². The second-order valence-electron chi connectivity index (χ2n) is 10.6. The van der Waals surface area contributed by atoms with Crippen molar-refractivity contribution in [1.82, 2.24) is 0 Å². The maximum Gasteiger partial charge on any atom is 0.0645 e. The van der Waals surface area contributed by atoms with Crippen molar-refractivity contribution in [3.8, 4) is 33.4 Å². The summed E-state index contributed by atoms with van der Waals surface area (Å²) in [7, 11) is 0. The van der Waals surface area contributed by atoms with E-state index in [2.05, 4.69) is 0 Å². The van der Waals surface area contributed by atoms with E-state index < -0.39 is 54.4 Å². The molecule has 0 saturated carbocycles. The highest BCUT2D eigenvalue weighted by molar-refractivity contribution is 6.01. The summed E-state index contributed by atoms with van der Waals surface area (Å²) in [6.45, 7) is 0. The minimum Gasteiger partial charge on any atom is -0.310 e. The van der Waals surface area contributed by atoms with Crippen molar-refractivity contribution in [2.24, 2.45) is 0 Å². The van der Waals surface area contributed by atoms with Crippen molar-refractivity contribution in [3.05, 3.63) is 188 Å². The van der Waals surface area contributed by atoms with Crippen LogP contribution >= 0.6 is 0 Å². The summed E-state index contributed by atoms with van der Waals surface area (Å²) >= 11 is 0. The van der Waals surface area contributed by atoms with Crippen LogP contribution in [0.5, 0.6) is 0 Å². The average Bonchev–Trinajstić information content (AvgIpc) is 3.23. The van der Waals surface area contributed by atoms with E-state index >= 15 is 0 Å². The maximum absolute atomic E-state index is 9.47. The Morgan fingerprint density at radius 1 is 0.378 bits per heavy atom. The number of fused-ring (bicyclic) bond motifs is 2. The predicted molar refractivity (Wildman–Crippen MR) is 192 cm³/mol. The van der Waals surface area contributed by atoms with Gasteiger partial charge in [0.2, 0.25) is 0 Å². The molecule has 8 aromatic rings. The van der Waals surface area contributed by atoms with Crippen LogP contribution in [0.1, 0.15) is 15.1 Å². The van der Waals surface area contributed by atoms with Gasteiger partial charge in [0.15, 0.2) is 0 Å². The van der Waals surface area contributed by atoms with Gasteiger partial charge in [-0.1, -0.05) is 158 Å². The fourth-order valence-electron chi connectivity index (χ4n) is 5.65. The minimum atomic E-state index is -0.627. The smallest absolute Gasteiger partial charge is 0.0645 e. The summed E-state index contributed by atoms with van der Waals surface area (Å²) in [6, 6.07) is 31.7. The molecular weight excluding hydrogens is 542 g/mol. The third-order valence-corrected chi connectivity index (χ3v) is 7.84. The van der Waals surface area contributed by atoms with E-state index in [1.165, 1.54) is 4.90 Å².